The molecule has 1 aromatic carbocycles. The van der Waals surface area contributed by atoms with Crippen molar-refractivity contribution in [1.82, 2.24) is 19.4 Å². The molecule has 5 nitrogen and oxygen atoms in total. The van der Waals surface area contributed by atoms with Crippen molar-refractivity contribution in [2.45, 2.75) is 13.1 Å². The fraction of sp³-hybridized carbons (Fsp3) is 0.400. The van der Waals surface area contributed by atoms with Crippen LogP contribution in [0.3, 0.4) is 0 Å². The summed E-state index contributed by atoms with van der Waals surface area (Å²) < 4.78 is 4.57. The largest absolute Gasteiger partial charge is 0.297 e. The molecule has 0 aliphatic carbocycles. The van der Waals surface area contributed by atoms with E-state index in [2.05, 4.69) is 25.5 Å². The zero-order valence-corrected chi connectivity index (χ0v) is 13.6. The summed E-state index contributed by atoms with van der Waals surface area (Å²) in [6, 6.07) is 9.97. The number of nitriles is 1. The first kappa shape index (κ1) is 15.4. The molecule has 0 unspecified atom stereocenters. The molecule has 1 aliphatic rings. The lowest BCUT2D eigenvalue weighted by Crippen LogP contribution is -2.45. The van der Waals surface area contributed by atoms with Gasteiger partial charge >= 0.3 is 0 Å². The van der Waals surface area contributed by atoms with E-state index >= 15 is 0 Å². The minimum atomic E-state index is 0.694. The maximum absolute atomic E-state index is 8.82. The topological polar surface area (TPSA) is 56.1 Å². The molecule has 114 valence electrons. The number of piperazine rings is 1. The summed E-state index contributed by atoms with van der Waals surface area (Å²) in [5.74, 6) is 0. The molecule has 0 spiro atoms. The van der Waals surface area contributed by atoms with Crippen molar-refractivity contribution >= 4 is 23.1 Å². The molecule has 22 heavy (non-hydrogen) atoms. The first-order valence-electron chi connectivity index (χ1n) is 7.15. The number of nitrogens with zero attached hydrogens (tertiary/aromatic N) is 5. The van der Waals surface area contributed by atoms with E-state index in [1.807, 2.05) is 24.3 Å². The highest BCUT2D eigenvalue weighted by Crippen LogP contribution is 2.19. The van der Waals surface area contributed by atoms with Gasteiger partial charge < -0.3 is 0 Å². The zero-order chi connectivity index (χ0) is 15.4. The molecule has 0 saturated carbocycles. The number of hydrogen-bond donors (Lipinski definition) is 0. The fourth-order valence-corrected chi connectivity index (χ4v) is 3.16. The van der Waals surface area contributed by atoms with Gasteiger partial charge in [0.1, 0.15) is 10.0 Å². The third-order valence-electron chi connectivity index (χ3n) is 3.84. The summed E-state index contributed by atoms with van der Waals surface area (Å²) in [6.07, 6.45) is 0. The Hall–Kier alpha value is -1.52. The van der Waals surface area contributed by atoms with Gasteiger partial charge in [-0.25, -0.2) is 0 Å². The first-order chi connectivity index (χ1) is 10.7. The summed E-state index contributed by atoms with van der Waals surface area (Å²) in [6.45, 7) is 5.76. The molecule has 7 heteroatoms. The molecule has 0 bridgehead atoms. The van der Waals surface area contributed by atoms with Crippen LogP contribution in [0.2, 0.25) is 4.34 Å². The second kappa shape index (κ2) is 7.16. The summed E-state index contributed by atoms with van der Waals surface area (Å²) >= 11 is 7.30. The van der Waals surface area contributed by atoms with Gasteiger partial charge in [-0.3, -0.25) is 9.80 Å². The van der Waals surface area contributed by atoms with Crippen LogP contribution in [-0.2, 0) is 13.1 Å². The Labute approximate surface area is 138 Å². The molecule has 0 N–H and O–H groups in total. The average Bonchev–Trinajstić information content (AvgIpc) is 2.95. The Morgan fingerprint density at radius 1 is 1.09 bits per heavy atom. The van der Waals surface area contributed by atoms with Crippen molar-refractivity contribution in [1.29, 1.82) is 5.26 Å². The van der Waals surface area contributed by atoms with E-state index in [1.54, 1.807) is 0 Å². The van der Waals surface area contributed by atoms with Crippen molar-refractivity contribution in [3.05, 3.63) is 45.4 Å². The van der Waals surface area contributed by atoms with E-state index in [9.17, 15) is 0 Å². The summed E-state index contributed by atoms with van der Waals surface area (Å²) in [4.78, 5) is 4.79. The van der Waals surface area contributed by atoms with E-state index in [0.717, 1.165) is 45.0 Å². The Balaban J connectivity index is 1.49. The van der Waals surface area contributed by atoms with Gasteiger partial charge in [0.15, 0.2) is 0 Å². The molecule has 0 radical (unpaired) electrons. The Morgan fingerprint density at radius 3 is 2.27 bits per heavy atom. The lowest BCUT2D eigenvalue weighted by molar-refractivity contribution is 0.121. The van der Waals surface area contributed by atoms with Gasteiger partial charge in [0.2, 0.25) is 0 Å². The van der Waals surface area contributed by atoms with Crippen LogP contribution in [0.5, 0.6) is 0 Å². The third kappa shape index (κ3) is 3.81. The molecule has 0 atom stereocenters. The summed E-state index contributed by atoms with van der Waals surface area (Å²) in [5.41, 5.74) is 2.84. The van der Waals surface area contributed by atoms with E-state index in [0.29, 0.717) is 9.90 Å². The molecule has 1 saturated heterocycles. The Bertz CT molecular complexity index is 655. The predicted molar refractivity (Wildman–Crippen MR) is 86.6 cm³/mol. The standard InChI is InChI=1S/C15H16ClN5S/c16-15-14(18-19-22-15)11-21-7-5-20(6-8-21)10-13-3-1-12(9-17)2-4-13/h1-4H,5-8,10-11H2. The zero-order valence-electron chi connectivity index (χ0n) is 12.1. The average molecular weight is 334 g/mol. The van der Waals surface area contributed by atoms with Gasteiger partial charge in [-0.2, -0.15) is 5.26 Å². The molecular formula is C15H16ClN5S. The van der Waals surface area contributed by atoms with Crippen LogP contribution in [0.1, 0.15) is 16.8 Å². The van der Waals surface area contributed by atoms with Gasteiger partial charge in [0.25, 0.3) is 0 Å². The second-order valence-corrected chi connectivity index (χ2v) is 6.71. The van der Waals surface area contributed by atoms with Crippen LogP contribution in [0.15, 0.2) is 24.3 Å². The molecular weight excluding hydrogens is 318 g/mol. The quantitative estimate of drug-likeness (QED) is 0.859. The number of aromatic nitrogens is 2. The summed E-state index contributed by atoms with van der Waals surface area (Å²) in [5, 5.41) is 12.9. The molecule has 1 aromatic heterocycles. The highest BCUT2D eigenvalue weighted by molar-refractivity contribution is 7.10. The van der Waals surface area contributed by atoms with Gasteiger partial charge in [-0.1, -0.05) is 28.2 Å². The molecule has 3 rings (SSSR count). The van der Waals surface area contributed by atoms with E-state index in [-0.39, 0.29) is 0 Å². The number of halogens is 1. The maximum atomic E-state index is 8.82. The lowest BCUT2D eigenvalue weighted by atomic mass is 10.1. The van der Waals surface area contributed by atoms with Gasteiger partial charge in [0.05, 0.1) is 11.6 Å². The van der Waals surface area contributed by atoms with Crippen molar-refractivity contribution in [2.24, 2.45) is 0 Å². The van der Waals surface area contributed by atoms with Crippen molar-refractivity contribution in [2.75, 3.05) is 26.2 Å². The summed E-state index contributed by atoms with van der Waals surface area (Å²) in [7, 11) is 0. The van der Waals surface area contributed by atoms with Crippen LogP contribution in [0.4, 0.5) is 0 Å². The predicted octanol–water partition coefficient (Wildman–Crippen LogP) is 2.38. The second-order valence-electron chi connectivity index (χ2n) is 5.35. The normalized spacial score (nSPS) is 16.5. The monoisotopic (exact) mass is 333 g/mol. The Morgan fingerprint density at radius 2 is 1.73 bits per heavy atom. The minimum Gasteiger partial charge on any atom is -0.297 e. The highest BCUT2D eigenvalue weighted by atomic mass is 35.5. The first-order valence-corrected chi connectivity index (χ1v) is 8.30. The Kier molecular flexibility index (Phi) is 5.01. The molecule has 1 fully saturated rings. The lowest BCUT2D eigenvalue weighted by Gasteiger charge is -2.34. The number of rotatable bonds is 4. The van der Waals surface area contributed by atoms with Crippen LogP contribution in [-0.4, -0.2) is 45.6 Å². The molecule has 1 aliphatic heterocycles. The van der Waals surface area contributed by atoms with Gasteiger partial charge in [-0.05, 0) is 17.7 Å². The van der Waals surface area contributed by atoms with E-state index < -0.39 is 0 Å². The molecule has 2 heterocycles. The van der Waals surface area contributed by atoms with E-state index in [1.165, 1.54) is 17.1 Å². The van der Waals surface area contributed by atoms with Crippen LogP contribution in [0, 0.1) is 11.3 Å². The number of benzene rings is 1. The maximum Gasteiger partial charge on any atom is 0.138 e. The molecule has 2 aromatic rings. The van der Waals surface area contributed by atoms with Crippen LogP contribution < -0.4 is 0 Å². The van der Waals surface area contributed by atoms with Gasteiger partial charge in [0, 0.05) is 50.8 Å². The highest BCUT2D eigenvalue weighted by Gasteiger charge is 2.19. The van der Waals surface area contributed by atoms with Crippen molar-refractivity contribution in [3.63, 3.8) is 0 Å². The fourth-order valence-electron chi connectivity index (χ4n) is 2.55. The van der Waals surface area contributed by atoms with Crippen LogP contribution >= 0.6 is 23.1 Å². The van der Waals surface area contributed by atoms with E-state index in [4.69, 9.17) is 16.9 Å². The molecule has 0 amide bonds. The van der Waals surface area contributed by atoms with Crippen LogP contribution in [0.25, 0.3) is 0 Å². The minimum absolute atomic E-state index is 0.694. The van der Waals surface area contributed by atoms with Crippen molar-refractivity contribution in [3.8, 4) is 6.07 Å². The number of hydrogen-bond acceptors (Lipinski definition) is 6. The smallest absolute Gasteiger partial charge is 0.138 e. The third-order valence-corrected chi connectivity index (χ3v) is 4.82. The van der Waals surface area contributed by atoms with Gasteiger partial charge in [-0.15, -0.1) is 5.10 Å². The van der Waals surface area contributed by atoms with Crippen molar-refractivity contribution < 1.29 is 0 Å². The SMILES string of the molecule is N#Cc1ccc(CN2CCN(Cc3nnsc3Cl)CC2)cc1.